The zero-order chi connectivity index (χ0) is 17.8. The van der Waals surface area contributed by atoms with Crippen molar-refractivity contribution in [2.75, 3.05) is 0 Å². The number of benzene rings is 3. The van der Waals surface area contributed by atoms with Gasteiger partial charge in [0.05, 0.1) is 11.0 Å². The fourth-order valence-electron chi connectivity index (χ4n) is 3.41. The quantitative estimate of drug-likeness (QED) is 0.582. The lowest BCUT2D eigenvalue weighted by atomic mass is 10.0. The SMILES string of the molecule is Cc1cc(C)c(CS(=O)C(c2ccccc2)c2ccccc2)c(C)c1. The van der Waals surface area contributed by atoms with Gasteiger partial charge in [0.1, 0.15) is 0 Å². The molecule has 0 aliphatic rings. The molecule has 1 nitrogen and oxygen atoms in total. The average Bonchev–Trinajstić information content (AvgIpc) is 2.60. The first-order valence-electron chi connectivity index (χ1n) is 8.60. The summed E-state index contributed by atoms with van der Waals surface area (Å²) in [5.74, 6) is 0.576. The predicted octanol–water partition coefficient (Wildman–Crippen LogP) is 5.65. The van der Waals surface area contributed by atoms with E-state index in [1.165, 1.54) is 22.3 Å². The van der Waals surface area contributed by atoms with E-state index in [1.807, 2.05) is 36.4 Å². The van der Waals surface area contributed by atoms with Crippen molar-refractivity contribution < 1.29 is 4.21 Å². The summed E-state index contributed by atoms with van der Waals surface area (Å²) in [6.45, 7) is 6.34. The van der Waals surface area contributed by atoms with Crippen LogP contribution in [0.4, 0.5) is 0 Å². The van der Waals surface area contributed by atoms with Crippen LogP contribution in [-0.4, -0.2) is 4.21 Å². The van der Waals surface area contributed by atoms with Gasteiger partial charge in [0.25, 0.3) is 0 Å². The number of rotatable bonds is 5. The molecule has 0 saturated carbocycles. The summed E-state index contributed by atoms with van der Waals surface area (Å²) in [4.78, 5) is 0. The average molecular weight is 349 g/mol. The van der Waals surface area contributed by atoms with E-state index < -0.39 is 10.8 Å². The van der Waals surface area contributed by atoms with E-state index >= 15 is 0 Å². The summed E-state index contributed by atoms with van der Waals surface area (Å²) in [6.07, 6.45) is 0. The molecule has 3 rings (SSSR count). The second-order valence-corrected chi connectivity index (χ2v) is 8.13. The van der Waals surface area contributed by atoms with Crippen molar-refractivity contribution in [3.63, 3.8) is 0 Å². The molecule has 0 radical (unpaired) electrons. The van der Waals surface area contributed by atoms with Crippen LogP contribution in [0.15, 0.2) is 72.8 Å². The second kappa shape index (κ2) is 7.79. The lowest BCUT2D eigenvalue weighted by Gasteiger charge is -2.19. The Morgan fingerprint density at radius 3 is 1.64 bits per heavy atom. The van der Waals surface area contributed by atoms with Crippen LogP contribution in [0.2, 0.25) is 0 Å². The molecule has 0 bridgehead atoms. The van der Waals surface area contributed by atoms with Crippen molar-refractivity contribution in [1.82, 2.24) is 0 Å². The van der Waals surface area contributed by atoms with Gasteiger partial charge in [0.2, 0.25) is 0 Å². The minimum absolute atomic E-state index is 0.109. The van der Waals surface area contributed by atoms with E-state index in [0.29, 0.717) is 5.75 Å². The van der Waals surface area contributed by atoms with E-state index in [1.54, 1.807) is 0 Å². The zero-order valence-corrected chi connectivity index (χ0v) is 15.8. The van der Waals surface area contributed by atoms with Gasteiger partial charge in [-0.2, -0.15) is 0 Å². The molecule has 3 aromatic rings. The molecule has 0 saturated heterocycles. The van der Waals surface area contributed by atoms with Crippen LogP contribution in [0.1, 0.15) is 38.6 Å². The van der Waals surface area contributed by atoms with Gasteiger partial charge < -0.3 is 0 Å². The molecule has 25 heavy (non-hydrogen) atoms. The molecule has 0 amide bonds. The summed E-state index contributed by atoms with van der Waals surface area (Å²) in [5, 5.41) is -0.109. The molecule has 0 heterocycles. The molecule has 0 N–H and O–H groups in total. The largest absolute Gasteiger partial charge is 0.258 e. The van der Waals surface area contributed by atoms with E-state index in [-0.39, 0.29) is 5.25 Å². The van der Waals surface area contributed by atoms with Gasteiger partial charge in [-0.1, -0.05) is 78.4 Å². The Morgan fingerprint density at radius 2 is 1.20 bits per heavy atom. The third kappa shape index (κ3) is 4.08. The maximum atomic E-state index is 13.4. The highest BCUT2D eigenvalue weighted by Gasteiger charge is 2.22. The minimum atomic E-state index is -1.04. The van der Waals surface area contributed by atoms with E-state index in [4.69, 9.17) is 0 Å². The Balaban J connectivity index is 1.99. The van der Waals surface area contributed by atoms with Crippen LogP contribution in [-0.2, 0) is 16.6 Å². The number of aryl methyl sites for hydroxylation is 3. The topological polar surface area (TPSA) is 17.1 Å². The molecule has 1 atom stereocenters. The highest BCUT2D eigenvalue weighted by Crippen LogP contribution is 2.31. The highest BCUT2D eigenvalue weighted by atomic mass is 32.2. The van der Waals surface area contributed by atoms with Crippen molar-refractivity contribution in [1.29, 1.82) is 0 Å². The third-order valence-corrected chi connectivity index (χ3v) is 6.24. The Bertz CT molecular complexity index is 807. The van der Waals surface area contributed by atoms with Crippen LogP contribution >= 0.6 is 0 Å². The molecular weight excluding hydrogens is 324 g/mol. The third-order valence-electron chi connectivity index (χ3n) is 4.59. The molecule has 3 aromatic carbocycles. The second-order valence-electron chi connectivity index (χ2n) is 6.60. The van der Waals surface area contributed by atoms with Crippen molar-refractivity contribution in [3.05, 3.63) is 106 Å². The van der Waals surface area contributed by atoms with Crippen LogP contribution in [0, 0.1) is 20.8 Å². The highest BCUT2D eigenvalue weighted by molar-refractivity contribution is 7.84. The molecule has 0 aliphatic heterocycles. The molecule has 128 valence electrons. The van der Waals surface area contributed by atoms with Gasteiger partial charge in [0, 0.05) is 10.8 Å². The van der Waals surface area contributed by atoms with Gasteiger partial charge in [-0.3, -0.25) is 4.21 Å². The van der Waals surface area contributed by atoms with Crippen LogP contribution < -0.4 is 0 Å². The predicted molar refractivity (Wildman–Crippen MR) is 107 cm³/mol. The van der Waals surface area contributed by atoms with Crippen molar-refractivity contribution in [2.24, 2.45) is 0 Å². The smallest absolute Gasteiger partial charge is 0.0850 e. The minimum Gasteiger partial charge on any atom is -0.258 e. The van der Waals surface area contributed by atoms with Gasteiger partial charge in [-0.05, 0) is 48.6 Å². The zero-order valence-electron chi connectivity index (χ0n) is 15.0. The Labute approximate surface area is 153 Å². The standard InChI is InChI=1S/C23H24OS/c1-17-14-18(2)22(19(3)15-17)16-25(24)23(20-10-6-4-7-11-20)21-12-8-5-9-13-21/h4-15,23H,16H2,1-3H3. The molecule has 0 fully saturated rings. The van der Waals surface area contributed by atoms with E-state index in [0.717, 1.165) is 11.1 Å². The summed E-state index contributed by atoms with van der Waals surface area (Å²) >= 11 is 0. The van der Waals surface area contributed by atoms with Crippen LogP contribution in [0.5, 0.6) is 0 Å². The summed E-state index contributed by atoms with van der Waals surface area (Å²) < 4.78 is 13.4. The Morgan fingerprint density at radius 1 is 0.760 bits per heavy atom. The lowest BCUT2D eigenvalue weighted by Crippen LogP contribution is -2.12. The van der Waals surface area contributed by atoms with Crippen LogP contribution in [0.25, 0.3) is 0 Å². The molecule has 2 heteroatoms. The summed E-state index contributed by atoms with van der Waals surface area (Å²) in [5.41, 5.74) is 7.13. The molecular formula is C23H24OS. The van der Waals surface area contributed by atoms with Gasteiger partial charge in [0.15, 0.2) is 0 Å². The summed E-state index contributed by atoms with van der Waals surface area (Å²) in [6, 6.07) is 24.7. The fraction of sp³-hybridized carbons (Fsp3) is 0.217. The summed E-state index contributed by atoms with van der Waals surface area (Å²) in [7, 11) is -1.04. The molecule has 0 aromatic heterocycles. The maximum Gasteiger partial charge on any atom is 0.0850 e. The Hall–Kier alpha value is -2.19. The van der Waals surface area contributed by atoms with Gasteiger partial charge in [-0.15, -0.1) is 0 Å². The first kappa shape index (κ1) is 17.6. The molecule has 1 unspecified atom stereocenters. The van der Waals surface area contributed by atoms with Crippen molar-refractivity contribution in [2.45, 2.75) is 31.8 Å². The maximum absolute atomic E-state index is 13.4. The first-order valence-corrected chi connectivity index (χ1v) is 9.98. The van der Waals surface area contributed by atoms with E-state index in [9.17, 15) is 4.21 Å². The lowest BCUT2D eigenvalue weighted by molar-refractivity contribution is 0.677. The molecule has 0 aliphatic carbocycles. The van der Waals surface area contributed by atoms with Crippen molar-refractivity contribution >= 4 is 10.8 Å². The van der Waals surface area contributed by atoms with Gasteiger partial charge in [-0.25, -0.2) is 0 Å². The first-order chi connectivity index (χ1) is 12.1. The van der Waals surface area contributed by atoms with Crippen LogP contribution in [0.3, 0.4) is 0 Å². The fourth-order valence-corrected chi connectivity index (χ4v) is 5.24. The van der Waals surface area contributed by atoms with E-state index in [2.05, 4.69) is 57.2 Å². The number of hydrogen-bond acceptors (Lipinski definition) is 1. The number of hydrogen-bond donors (Lipinski definition) is 0. The Kier molecular flexibility index (Phi) is 5.50. The van der Waals surface area contributed by atoms with Crippen molar-refractivity contribution in [3.8, 4) is 0 Å². The van der Waals surface area contributed by atoms with Gasteiger partial charge >= 0.3 is 0 Å². The molecule has 0 spiro atoms. The monoisotopic (exact) mass is 348 g/mol. The normalized spacial score (nSPS) is 12.3.